The Morgan fingerprint density at radius 2 is 2.13 bits per heavy atom. The minimum atomic E-state index is 0.567. The van der Waals surface area contributed by atoms with Gasteiger partial charge < -0.3 is 9.88 Å². The average molecular weight is 209 g/mol. The second-order valence-corrected chi connectivity index (χ2v) is 4.13. The van der Waals surface area contributed by atoms with Gasteiger partial charge in [0.05, 0.1) is 12.0 Å². The predicted octanol–water partition coefficient (Wildman–Crippen LogP) is 2.28. The van der Waals surface area contributed by atoms with Crippen LogP contribution in [-0.4, -0.2) is 22.1 Å². The summed E-state index contributed by atoms with van der Waals surface area (Å²) in [5, 5.41) is 3.56. The maximum atomic E-state index is 4.32. The van der Waals surface area contributed by atoms with Crippen molar-refractivity contribution in [2.45, 2.75) is 53.1 Å². The fourth-order valence-electron chi connectivity index (χ4n) is 1.65. The Bertz CT molecular complexity index is 291. The van der Waals surface area contributed by atoms with Gasteiger partial charge in [-0.1, -0.05) is 13.8 Å². The Kier molecular flexibility index (Phi) is 4.82. The van der Waals surface area contributed by atoms with Crippen LogP contribution in [0.4, 0.5) is 0 Å². The molecule has 1 rings (SSSR count). The first-order chi connectivity index (χ1) is 7.19. The quantitative estimate of drug-likeness (QED) is 0.779. The van der Waals surface area contributed by atoms with Gasteiger partial charge >= 0.3 is 0 Å². The number of hydrogen-bond acceptors (Lipinski definition) is 2. The molecule has 1 aromatic rings. The standard InChI is InChI=1S/C12H23N3/c1-5-7-13-12(6-2)8-15-9-14-10(3)11(15)4/h9,12-13H,5-8H2,1-4H3. The molecule has 1 atom stereocenters. The molecule has 86 valence electrons. The molecule has 0 saturated heterocycles. The Balaban J connectivity index is 2.54. The lowest BCUT2D eigenvalue weighted by Gasteiger charge is -2.18. The zero-order chi connectivity index (χ0) is 11.3. The van der Waals surface area contributed by atoms with E-state index in [2.05, 4.69) is 42.6 Å². The van der Waals surface area contributed by atoms with E-state index in [4.69, 9.17) is 0 Å². The van der Waals surface area contributed by atoms with E-state index >= 15 is 0 Å². The fraction of sp³-hybridized carbons (Fsp3) is 0.750. The normalized spacial score (nSPS) is 13.1. The molecule has 0 aliphatic rings. The van der Waals surface area contributed by atoms with Crippen LogP contribution in [0.2, 0.25) is 0 Å². The van der Waals surface area contributed by atoms with Crippen LogP contribution >= 0.6 is 0 Å². The van der Waals surface area contributed by atoms with Crippen LogP contribution < -0.4 is 5.32 Å². The Morgan fingerprint density at radius 1 is 1.40 bits per heavy atom. The molecule has 0 saturated carbocycles. The van der Waals surface area contributed by atoms with E-state index < -0.39 is 0 Å². The molecule has 3 nitrogen and oxygen atoms in total. The highest BCUT2D eigenvalue weighted by molar-refractivity contribution is 5.08. The molecular formula is C12H23N3. The molecule has 0 aliphatic carbocycles. The summed E-state index contributed by atoms with van der Waals surface area (Å²) in [4.78, 5) is 4.32. The summed E-state index contributed by atoms with van der Waals surface area (Å²) in [6, 6.07) is 0.567. The molecule has 1 aromatic heterocycles. The summed E-state index contributed by atoms with van der Waals surface area (Å²) >= 11 is 0. The van der Waals surface area contributed by atoms with Crippen LogP contribution in [0.5, 0.6) is 0 Å². The fourth-order valence-corrected chi connectivity index (χ4v) is 1.65. The van der Waals surface area contributed by atoms with Gasteiger partial charge in [0.2, 0.25) is 0 Å². The van der Waals surface area contributed by atoms with Crippen LogP contribution in [0, 0.1) is 13.8 Å². The van der Waals surface area contributed by atoms with Crippen molar-refractivity contribution < 1.29 is 0 Å². The first-order valence-corrected chi connectivity index (χ1v) is 5.90. The number of nitrogens with zero attached hydrogens (tertiary/aromatic N) is 2. The lowest BCUT2D eigenvalue weighted by molar-refractivity contribution is 0.433. The summed E-state index contributed by atoms with van der Waals surface area (Å²) in [5.74, 6) is 0. The van der Waals surface area contributed by atoms with E-state index in [1.165, 1.54) is 12.1 Å². The molecule has 0 aliphatic heterocycles. The number of hydrogen-bond donors (Lipinski definition) is 1. The van der Waals surface area contributed by atoms with Gasteiger partial charge in [-0.05, 0) is 33.2 Å². The second-order valence-electron chi connectivity index (χ2n) is 4.13. The molecule has 0 amide bonds. The highest BCUT2D eigenvalue weighted by Gasteiger charge is 2.08. The molecule has 15 heavy (non-hydrogen) atoms. The van der Waals surface area contributed by atoms with Crippen LogP contribution in [0.3, 0.4) is 0 Å². The largest absolute Gasteiger partial charge is 0.333 e. The molecular weight excluding hydrogens is 186 g/mol. The van der Waals surface area contributed by atoms with Gasteiger partial charge in [-0.15, -0.1) is 0 Å². The van der Waals surface area contributed by atoms with Gasteiger partial charge in [0.1, 0.15) is 0 Å². The van der Waals surface area contributed by atoms with Crippen molar-refractivity contribution in [1.82, 2.24) is 14.9 Å². The van der Waals surface area contributed by atoms with Crippen LogP contribution in [-0.2, 0) is 6.54 Å². The maximum Gasteiger partial charge on any atom is 0.0951 e. The van der Waals surface area contributed by atoms with Crippen LogP contribution in [0.1, 0.15) is 38.1 Å². The average Bonchev–Trinajstić information content (AvgIpc) is 2.55. The third-order valence-corrected chi connectivity index (χ3v) is 2.94. The number of imidazole rings is 1. The summed E-state index contributed by atoms with van der Waals surface area (Å²) in [6.07, 6.45) is 4.30. The first-order valence-electron chi connectivity index (χ1n) is 5.90. The highest BCUT2D eigenvalue weighted by Crippen LogP contribution is 2.06. The summed E-state index contributed by atoms with van der Waals surface area (Å²) in [5.41, 5.74) is 2.42. The molecule has 3 heteroatoms. The SMILES string of the molecule is CCCNC(CC)Cn1cnc(C)c1C. The molecule has 1 N–H and O–H groups in total. The van der Waals surface area contributed by atoms with E-state index in [9.17, 15) is 0 Å². The van der Waals surface area contributed by atoms with Crippen LogP contribution in [0.25, 0.3) is 0 Å². The maximum absolute atomic E-state index is 4.32. The van der Waals surface area contributed by atoms with E-state index in [1.54, 1.807) is 0 Å². The van der Waals surface area contributed by atoms with Crippen LogP contribution in [0.15, 0.2) is 6.33 Å². The number of aromatic nitrogens is 2. The smallest absolute Gasteiger partial charge is 0.0951 e. The molecule has 0 radical (unpaired) electrons. The Hall–Kier alpha value is -0.830. The molecule has 1 unspecified atom stereocenters. The molecule has 0 bridgehead atoms. The van der Waals surface area contributed by atoms with Crippen molar-refractivity contribution in [3.8, 4) is 0 Å². The Morgan fingerprint density at radius 3 is 2.60 bits per heavy atom. The summed E-state index contributed by atoms with van der Waals surface area (Å²) in [6.45, 7) is 10.8. The number of aryl methyl sites for hydroxylation is 1. The van der Waals surface area contributed by atoms with Crippen molar-refractivity contribution in [3.05, 3.63) is 17.7 Å². The minimum Gasteiger partial charge on any atom is -0.333 e. The van der Waals surface area contributed by atoms with Gasteiger partial charge in [0, 0.05) is 18.3 Å². The number of nitrogens with one attached hydrogen (secondary N) is 1. The first kappa shape index (κ1) is 12.2. The zero-order valence-electron chi connectivity index (χ0n) is 10.4. The van der Waals surface area contributed by atoms with E-state index in [0.717, 1.165) is 25.2 Å². The topological polar surface area (TPSA) is 29.9 Å². The highest BCUT2D eigenvalue weighted by atomic mass is 15.1. The summed E-state index contributed by atoms with van der Waals surface area (Å²) in [7, 11) is 0. The molecule has 0 fully saturated rings. The van der Waals surface area contributed by atoms with Gasteiger partial charge in [-0.2, -0.15) is 0 Å². The molecule has 1 heterocycles. The third-order valence-electron chi connectivity index (χ3n) is 2.94. The van der Waals surface area contributed by atoms with Gasteiger partial charge in [-0.3, -0.25) is 0 Å². The number of rotatable bonds is 6. The van der Waals surface area contributed by atoms with E-state index in [1.807, 2.05) is 6.33 Å². The van der Waals surface area contributed by atoms with Crippen molar-refractivity contribution in [1.29, 1.82) is 0 Å². The van der Waals surface area contributed by atoms with E-state index in [0.29, 0.717) is 6.04 Å². The molecule has 0 aromatic carbocycles. The van der Waals surface area contributed by atoms with Gasteiger partial charge in [0.25, 0.3) is 0 Å². The minimum absolute atomic E-state index is 0.567. The van der Waals surface area contributed by atoms with Crippen molar-refractivity contribution in [3.63, 3.8) is 0 Å². The summed E-state index contributed by atoms with van der Waals surface area (Å²) < 4.78 is 2.24. The van der Waals surface area contributed by atoms with Crippen molar-refractivity contribution >= 4 is 0 Å². The Labute approximate surface area is 92.9 Å². The van der Waals surface area contributed by atoms with E-state index in [-0.39, 0.29) is 0 Å². The monoisotopic (exact) mass is 209 g/mol. The molecule has 0 spiro atoms. The third kappa shape index (κ3) is 3.34. The van der Waals surface area contributed by atoms with Gasteiger partial charge in [-0.25, -0.2) is 4.98 Å². The second kappa shape index (κ2) is 5.91. The predicted molar refractivity (Wildman–Crippen MR) is 64.1 cm³/mol. The zero-order valence-corrected chi connectivity index (χ0v) is 10.4. The lowest BCUT2D eigenvalue weighted by Crippen LogP contribution is -2.33. The van der Waals surface area contributed by atoms with Crippen molar-refractivity contribution in [2.75, 3.05) is 6.54 Å². The lowest BCUT2D eigenvalue weighted by atomic mass is 10.2. The van der Waals surface area contributed by atoms with Crippen molar-refractivity contribution in [2.24, 2.45) is 0 Å². The van der Waals surface area contributed by atoms with Gasteiger partial charge in [0.15, 0.2) is 0 Å².